The molecule has 1 rings (SSSR count). The van der Waals surface area contributed by atoms with Gasteiger partial charge < -0.3 is 25.4 Å². The Labute approximate surface area is 181 Å². The van der Waals surface area contributed by atoms with E-state index < -0.39 is 18.1 Å². The van der Waals surface area contributed by atoms with E-state index in [1.54, 1.807) is 12.1 Å². The second-order valence-corrected chi connectivity index (χ2v) is 8.08. The third-order valence-corrected chi connectivity index (χ3v) is 5.23. The predicted octanol–water partition coefficient (Wildman–Crippen LogP) is 4.28. The van der Waals surface area contributed by atoms with Crippen molar-refractivity contribution >= 4 is 5.97 Å². The van der Waals surface area contributed by atoms with Crippen LogP contribution in [0, 0.1) is 0 Å². The lowest BCUT2D eigenvalue weighted by atomic mass is 10.1. The Balaban J connectivity index is 2.04. The summed E-state index contributed by atoms with van der Waals surface area (Å²) in [7, 11) is 0. The summed E-state index contributed by atoms with van der Waals surface area (Å²) in [5, 5.41) is 31.6. The maximum Gasteiger partial charge on any atom is 0.321 e. The van der Waals surface area contributed by atoms with E-state index in [4.69, 9.17) is 4.74 Å². The van der Waals surface area contributed by atoms with Gasteiger partial charge in [-0.05, 0) is 30.5 Å². The number of benzene rings is 1. The molecule has 0 saturated heterocycles. The van der Waals surface area contributed by atoms with E-state index in [1.807, 2.05) is 0 Å². The number of aromatic hydroxyl groups is 1. The summed E-state index contributed by atoms with van der Waals surface area (Å²) in [4.78, 5) is 11.4. The number of aliphatic hydroxyl groups is 1. The number of rotatable bonds is 19. The van der Waals surface area contributed by atoms with Crippen molar-refractivity contribution in [2.24, 2.45) is 0 Å². The summed E-state index contributed by atoms with van der Waals surface area (Å²) in [5.41, 5.74) is 0.805. The van der Waals surface area contributed by atoms with Crippen LogP contribution in [0.4, 0.5) is 0 Å². The minimum Gasteiger partial charge on any atom is -0.508 e. The van der Waals surface area contributed by atoms with Gasteiger partial charge in [-0.2, -0.15) is 0 Å². The highest BCUT2D eigenvalue weighted by atomic mass is 16.5. The smallest absolute Gasteiger partial charge is 0.321 e. The van der Waals surface area contributed by atoms with Crippen molar-refractivity contribution in [2.45, 2.75) is 89.7 Å². The van der Waals surface area contributed by atoms with Crippen LogP contribution in [-0.2, 0) is 16.0 Å². The first-order valence-electron chi connectivity index (χ1n) is 11.5. The third-order valence-electron chi connectivity index (χ3n) is 5.23. The van der Waals surface area contributed by atoms with Crippen molar-refractivity contribution in [3.8, 4) is 5.75 Å². The third kappa shape index (κ3) is 13.6. The Hall–Kier alpha value is -1.63. The van der Waals surface area contributed by atoms with Gasteiger partial charge in [0, 0.05) is 13.2 Å². The molecule has 0 spiro atoms. The first-order valence-corrected chi connectivity index (χ1v) is 11.5. The Bertz CT molecular complexity index is 549. The zero-order valence-electron chi connectivity index (χ0n) is 18.5. The van der Waals surface area contributed by atoms with E-state index >= 15 is 0 Å². The summed E-state index contributed by atoms with van der Waals surface area (Å²) in [6.07, 6.45) is 12.3. The average Bonchev–Trinajstić information content (AvgIpc) is 2.73. The maximum atomic E-state index is 11.4. The highest BCUT2D eigenvalue weighted by molar-refractivity contribution is 5.73. The van der Waals surface area contributed by atoms with E-state index in [0.717, 1.165) is 18.4 Å². The van der Waals surface area contributed by atoms with Gasteiger partial charge in [-0.1, -0.05) is 76.8 Å². The number of unbranched alkanes of at least 4 members (excludes halogenated alkanes) is 9. The molecule has 1 aromatic rings. The first kappa shape index (κ1) is 26.4. The summed E-state index contributed by atoms with van der Waals surface area (Å²) in [5.74, 6) is -0.824. The number of carbonyl (C=O) groups is 1. The summed E-state index contributed by atoms with van der Waals surface area (Å²) in [6.45, 7) is 3.23. The van der Waals surface area contributed by atoms with Crippen LogP contribution in [0.3, 0.4) is 0 Å². The number of nitrogens with one attached hydrogen (secondary N) is 1. The van der Waals surface area contributed by atoms with Crippen molar-refractivity contribution in [3.63, 3.8) is 0 Å². The number of hydrogen-bond donors (Lipinski definition) is 4. The van der Waals surface area contributed by atoms with Crippen molar-refractivity contribution in [1.82, 2.24) is 5.32 Å². The number of aliphatic carboxylic acids is 1. The summed E-state index contributed by atoms with van der Waals surface area (Å²) >= 11 is 0. The fraction of sp³-hybridized carbons (Fsp3) is 0.708. The van der Waals surface area contributed by atoms with E-state index in [2.05, 4.69) is 12.2 Å². The molecule has 6 nitrogen and oxygen atoms in total. The van der Waals surface area contributed by atoms with Crippen LogP contribution in [0.1, 0.15) is 76.7 Å². The quantitative estimate of drug-likeness (QED) is 0.248. The van der Waals surface area contributed by atoms with Gasteiger partial charge in [0.25, 0.3) is 0 Å². The second kappa shape index (κ2) is 17.1. The number of carboxylic acids is 1. The van der Waals surface area contributed by atoms with Crippen LogP contribution in [0.5, 0.6) is 5.75 Å². The molecular weight excluding hydrogens is 382 g/mol. The Kier molecular flexibility index (Phi) is 15.0. The van der Waals surface area contributed by atoms with Crippen LogP contribution in [0.2, 0.25) is 0 Å². The summed E-state index contributed by atoms with van der Waals surface area (Å²) < 4.78 is 5.53. The van der Waals surface area contributed by atoms with Crippen LogP contribution in [0.25, 0.3) is 0 Å². The standard InChI is InChI=1S/C24H41NO5/c1-2-3-4-5-6-7-8-9-10-11-16-30-19-22(27)18-25-23(24(28)29)17-20-12-14-21(26)15-13-20/h12-15,22-23,25-27H,2-11,16-19H2,1H3,(H,28,29)/t22?,23-/m0/s1. The van der Waals surface area contributed by atoms with Gasteiger partial charge in [0.15, 0.2) is 0 Å². The van der Waals surface area contributed by atoms with E-state index in [1.165, 1.54) is 63.5 Å². The monoisotopic (exact) mass is 423 g/mol. The number of phenols is 1. The van der Waals surface area contributed by atoms with Gasteiger partial charge in [-0.15, -0.1) is 0 Å². The minimum atomic E-state index is -0.971. The normalized spacial score (nSPS) is 13.3. The molecule has 0 aromatic heterocycles. The van der Waals surface area contributed by atoms with Gasteiger partial charge in [0.2, 0.25) is 0 Å². The number of aliphatic hydroxyl groups excluding tert-OH is 1. The van der Waals surface area contributed by atoms with Crippen LogP contribution >= 0.6 is 0 Å². The molecule has 0 heterocycles. The Morgan fingerprint density at radius 3 is 2.10 bits per heavy atom. The molecule has 0 fully saturated rings. The molecule has 0 bridgehead atoms. The van der Waals surface area contributed by atoms with Gasteiger partial charge >= 0.3 is 5.97 Å². The lowest BCUT2D eigenvalue weighted by molar-refractivity contribution is -0.139. The predicted molar refractivity (Wildman–Crippen MR) is 120 cm³/mol. The number of phenolic OH excluding ortho intramolecular Hbond substituents is 1. The van der Waals surface area contributed by atoms with Crippen molar-refractivity contribution < 1.29 is 24.9 Å². The maximum absolute atomic E-state index is 11.4. The molecule has 0 saturated carbocycles. The first-order chi connectivity index (χ1) is 14.5. The molecule has 0 radical (unpaired) electrons. The van der Waals surface area contributed by atoms with Gasteiger partial charge in [-0.25, -0.2) is 0 Å². The molecular formula is C24H41NO5. The summed E-state index contributed by atoms with van der Waals surface area (Å²) in [6, 6.07) is 5.65. The van der Waals surface area contributed by atoms with Crippen LogP contribution in [0.15, 0.2) is 24.3 Å². The molecule has 0 aliphatic carbocycles. The largest absolute Gasteiger partial charge is 0.508 e. The molecule has 4 N–H and O–H groups in total. The number of ether oxygens (including phenoxy) is 1. The fourth-order valence-electron chi connectivity index (χ4n) is 3.36. The lowest BCUT2D eigenvalue weighted by Crippen LogP contribution is -2.43. The molecule has 172 valence electrons. The van der Waals surface area contributed by atoms with E-state index in [9.17, 15) is 20.1 Å². The van der Waals surface area contributed by atoms with Gasteiger partial charge in [0.05, 0.1) is 12.7 Å². The molecule has 1 aromatic carbocycles. The van der Waals surface area contributed by atoms with Gasteiger partial charge in [0.1, 0.15) is 11.8 Å². The second-order valence-electron chi connectivity index (χ2n) is 8.08. The van der Waals surface area contributed by atoms with Crippen molar-refractivity contribution in [3.05, 3.63) is 29.8 Å². The molecule has 0 aliphatic rings. The zero-order chi connectivity index (χ0) is 22.0. The average molecular weight is 424 g/mol. The molecule has 2 atom stereocenters. The molecule has 0 aliphatic heterocycles. The Morgan fingerprint density at radius 2 is 1.53 bits per heavy atom. The molecule has 0 amide bonds. The van der Waals surface area contributed by atoms with Crippen molar-refractivity contribution in [1.29, 1.82) is 0 Å². The zero-order valence-corrected chi connectivity index (χ0v) is 18.5. The minimum absolute atomic E-state index is 0.147. The topological polar surface area (TPSA) is 99.0 Å². The van der Waals surface area contributed by atoms with Gasteiger partial charge in [-0.3, -0.25) is 4.79 Å². The van der Waals surface area contributed by atoms with Crippen LogP contribution in [-0.4, -0.2) is 53.2 Å². The number of carboxylic acid groups (broad SMARTS) is 1. The number of hydrogen-bond acceptors (Lipinski definition) is 5. The van der Waals surface area contributed by atoms with Crippen molar-refractivity contribution in [2.75, 3.05) is 19.8 Å². The molecule has 1 unspecified atom stereocenters. The highest BCUT2D eigenvalue weighted by Crippen LogP contribution is 2.12. The van der Waals surface area contributed by atoms with E-state index in [-0.39, 0.29) is 25.3 Å². The lowest BCUT2D eigenvalue weighted by Gasteiger charge is -2.18. The highest BCUT2D eigenvalue weighted by Gasteiger charge is 2.18. The SMILES string of the molecule is CCCCCCCCCCCCOCC(O)CN[C@@H](Cc1ccc(O)cc1)C(=O)O. The van der Waals surface area contributed by atoms with E-state index in [0.29, 0.717) is 6.61 Å². The molecule has 30 heavy (non-hydrogen) atoms. The fourth-order valence-corrected chi connectivity index (χ4v) is 3.36. The van der Waals surface area contributed by atoms with Crippen LogP contribution < -0.4 is 5.32 Å². The molecule has 6 heteroatoms. The Morgan fingerprint density at radius 1 is 0.967 bits per heavy atom.